The van der Waals surface area contributed by atoms with Crippen LogP contribution in [0.3, 0.4) is 0 Å². The fraction of sp³-hybridized carbons (Fsp3) is 1.00. The molecular formula is C7H12Cl2. The number of halogens is 2. The second-order valence-corrected chi connectivity index (χ2v) is 4.83. The van der Waals surface area contributed by atoms with Crippen molar-refractivity contribution in [2.45, 2.75) is 31.0 Å². The molecule has 1 aliphatic rings. The van der Waals surface area contributed by atoms with Crippen molar-refractivity contribution in [3.8, 4) is 0 Å². The lowest BCUT2D eigenvalue weighted by Crippen LogP contribution is -1.94. The Balaban J connectivity index is 2.20. The molecule has 1 aliphatic carbocycles. The molecule has 0 aromatic rings. The Bertz CT molecular complexity index is 107. The second kappa shape index (κ2) is 2.32. The van der Waals surface area contributed by atoms with Crippen LogP contribution in [0.25, 0.3) is 0 Å². The van der Waals surface area contributed by atoms with Gasteiger partial charge in [0, 0.05) is 0 Å². The third-order valence-corrected chi connectivity index (χ3v) is 2.64. The molecule has 0 aliphatic heterocycles. The van der Waals surface area contributed by atoms with Crippen molar-refractivity contribution in [2.24, 2.45) is 11.8 Å². The molecule has 0 radical (unpaired) electrons. The predicted molar refractivity (Wildman–Crippen MR) is 42.0 cm³/mol. The highest BCUT2D eigenvalue weighted by Gasteiger charge is 2.51. The van der Waals surface area contributed by atoms with Crippen LogP contribution in [-0.4, -0.2) is 4.33 Å². The maximum absolute atomic E-state index is 5.82. The minimum Gasteiger partial charge on any atom is -0.101 e. The lowest BCUT2D eigenvalue weighted by atomic mass is 10.1. The van der Waals surface area contributed by atoms with E-state index in [2.05, 4.69) is 13.8 Å². The fourth-order valence-electron chi connectivity index (χ4n) is 1.09. The van der Waals surface area contributed by atoms with Crippen LogP contribution in [0.15, 0.2) is 0 Å². The summed E-state index contributed by atoms with van der Waals surface area (Å²) >= 11 is 11.6. The van der Waals surface area contributed by atoms with Gasteiger partial charge in [0.05, 0.1) is 0 Å². The van der Waals surface area contributed by atoms with E-state index in [0.29, 0.717) is 5.92 Å². The Morgan fingerprint density at radius 3 is 2.11 bits per heavy atom. The second-order valence-electron chi connectivity index (χ2n) is 3.29. The normalized spacial score (nSPS) is 31.0. The molecule has 2 heteroatoms. The summed E-state index contributed by atoms with van der Waals surface area (Å²) in [4.78, 5) is 0. The molecule has 1 rings (SSSR count). The quantitative estimate of drug-likeness (QED) is 0.554. The lowest BCUT2D eigenvalue weighted by molar-refractivity contribution is 0.537. The fourth-order valence-corrected chi connectivity index (χ4v) is 1.65. The van der Waals surface area contributed by atoms with Gasteiger partial charge in [0.25, 0.3) is 0 Å². The zero-order valence-corrected chi connectivity index (χ0v) is 7.34. The van der Waals surface area contributed by atoms with Gasteiger partial charge in [-0.1, -0.05) is 13.8 Å². The Morgan fingerprint density at radius 2 is 2.00 bits per heavy atom. The van der Waals surface area contributed by atoms with Crippen LogP contribution >= 0.6 is 23.2 Å². The first-order valence-corrected chi connectivity index (χ1v) is 4.16. The Labute approximate surface area is 66.5 Å². The van der Waals surface area contributed by atoms with E-state index in [1.807, 2.05) is 0 Å². The summed E-state index contributed by atoms with van der Waals surface area (Å²) in [5.41, 5.74) is 0. The van der Waals surface area contributed by atoms with Crippen molar-refractivity contribution in [1.29, 1.82) is 0 Å². The monoisotopic (exact) mass is 166 g/mol. The zero-order chi connectivity index (χ0) is 7.07. The number of alkyl halides is 2. The van der Waals surface area contributed by atoms with Crippen LogP contribution in [0, 0.1) is 11.8 Å². The van der Waals surface area contributed by atoms with Gasteiger partial charge >= 0.3 is 0 Å². The van der Waals surface area contributed by atoms with Gasteiger partial charge < -0.3 is 0 Å². The highest BCUT2D eigenvalue weighted by Crippen LogP contribution is 2.55. The topological polar surface area (TPSA) is 0 Å². The predicted octanol–water partition coefficient (Wildman–Crippen LogP) is 3.23. The van der Waals surface area contributed by atoms with Crippen LogP contribution in [0.4, 0.5) is 0 Å². The lowest BCUT2D eigenvalue weighted by Gasteiger charge is -2.02. The molecule has 1 fully saturated rings. The van der Waals surface area contributed by atoms with E-state index in [-0.39, 0.29) is 4.33 Å². The average molecular weight is 167 g/mol. The van der Waals surface area contributed by atoms with Gasteiger partial charge in [-0.25, -0.2) is 0 Å². The highest BCUT2D eigenvalue weighted by atomic mass is 35.5. The van der Waals surface area contributed by atoms with Gasteiger partial charge in [0.2, 0.25) is 0 Å². The van der Waals surface area contributed by atoms with E-state index in [1.165, 1.54) is 6.42 Å². The summed E-state index contributed by atoms with van der Waals surface area (Å²) in [6.45, 7) is 4.39. The molecule has 0 nitrogen and oxygen atoms in total. The van der Waals surface area contributed by atoms with Gasteiger partial charge in [0.15, 0.2) is 0 Å². The summed E-state index contributed by atoms with van der Waals surface area (Å²) in [6.07, 6.45) is 2.17. The van der Waals surface area contributed by atoms with E-state index in [1.54, 1.807) is 0 Å². The van der Waals surface area contributed by atoms with E-state index in [0.717, 1.165) is 12.3 Å². The zero-order valence-electron chi connectivity index (χ0n) is 5.82. The Morgan fingerprint density at radius 1 is 1.56 bits per heavy atom. The van der Waals surface area contributed by atoms with Crippen molar-refractivity contribution in [2.75, 3.05) is 0 Å². The first kappa shape index (κ1) is 7.68. The molecule has 9 heavy (non-hydrogen) atoms. The molecule has 0 spiro atoms. The summed E-state index contributed by atoms with van der Waals surface area (Å²) in [7, 11) is 0. The van der Waals surface area contributed by atoms with Crippen LogP contribution in [0.2, 0.25) is 0 Å². The molecule has 1 atom stereocenters. The minimum atomic E-state index is -0.357. The molecule has 0 aromatic carbocycles. The summed E-state index contributed by atoms with van der Waals surface area (Å²) in [5, 5.41) is 0. The van der Waals surface area contributed by atoms with Crippen molar-refractivity contribution in [1.82, 2.24) is 0 Å². The summed E-state index contributed by atoms with van der Waals surface area (Å²) < 4.78 is -0.357. The Hall–Kier alpha value is 0.580. The van der Waals surface area contributed by atoms with Crippen LogP contribution in [0.5, 0.6) is 0 Å². The van der Waals surface area contributed by atoms with Crippen molar-refractivity contribution < 1.29 is 0 Å². The Kier molecular flexibility index (Phi) is 1.98. The third kappa shape index (κ3) is 2.01. The van der Waals surface area contributed by atoms with Crippen LogP contribution in [0.1, 0.15) is 26.7 Å². The number of hydrogen-bond acceptors (Lipinski definition) is 0. The van der Waals surface area contributed by atoms with Crippen molar-refractivity contribution in [3.63, 3.8) is 0 Å². The minimum absolute atomic E-state index is 0.357. The molecule has 54 valence electrons. The van der Waals surface area contributed by atoms with Crippen LogP contribution < -0.4 is 0 Å². The maximum atomic E-state index is 5.82. The van der Waals surface area contributed by atoms with E-state index < -0.39 is 0 Å². The van der Waals surface area contributed by atoms with Crippen LogP contribution in [-0.2, 0) is 0 Å². The number of hydrogen-bond donors (Lipinski definition) is 0. The summed E-state index contributed by atoms with van der Waals surface area (Å²) in [5.74, 6) is 1.30. The molecule has 0 bridgehead atoms. The standard InChI is InChI=1S/C7H12Cl2/c1-5(2)3-6-4-7(6,8)9/h5-6H,3-4H2,1-2H3/t6-/m0/s1. The molecule has 0 amide bonds. The highest BCUT2D eigenvalue weighted by molar-refractivity contribution is 6.50. The summed E-state index contributed by atoms with van der Waals surface area (Å²) in [6, 6.07) is 0. The van der Waals surface area contributed by atoms with Gasteiger partial charge in [0.1, 0.15) is 4.33 Å². The molecular weight excluding hydrogens is 155 g/mol. The van der Waals surface area contributed by atoms with Gasteiger partial charge in [-0.05, 0) is 24.7 Å². The molecule has 0 N–H and O–H groups in total. The van der Waals surface area contributed by atoms with Gasteiger partial charge in [-0.15, -0.1) is 23.2 Å². The average Bonchev–Trinajstić information content (AvgIpc) is 2.10. The smallest absolute Gasteiger partial charge is 0.101 e. The van der Waals surface area contributed by atoms with E-state index >= 15 is 0 Å². The van der Waals surface area contributed by atoms with Crippen molar-refractivity contribution >= 4 is 23.2 Å². The van der Waals surface area contributed by atoms with Gasteiger partial charge in [-0.3, -0.25) is 0 Å². The molecule has 0 saturated heterocycles. The molecule has 1 saturated carbocycles. The maximum Gasteiger partial charge on any atom is 0.121 e. The first-order valence-electron chi connectivity index (χ1n) is 3.40. The molecule has 0 heterocycles. The molecule has 0 aromatic heterocycles. The van der Waals surface area contributed by atoms with Gasteiger partial charge in [-0.2, -0.15) is 0 Å². The third-order valence-electron chi connectivity index (χ3n) is 1.71. The molecule has 0 unspecified atom stereocenters. The first-order chi connectivity index (χ1) is 4.02. The van der Waals surface area contributed by atoms with E-state index in [9.17, 15) is 0 Å². The SMILES string of the molecule is CC(C)C[C@H]1CC1(Cl)Cl. The van der Waals surface area contributed by atoms with E-state index in [4.69, 9.17) is 23.2 Å². The largest absolute Gasteiger partial charge is 0.121 e. The number of rotatable bonds is 2. The van der Waals surface area contributed by atoms with Crippen molar-refractivity contribution in [3.05, 3.63) is 0 Å².